The maximum absolute atomic E-state index is 13.0. The second-order valence-corrected chi connectivity index (χ2v) is 7.55. The second kappa shape index (κ2) is 7.81. The van der Waals surface area contributed by atoms with Gasteiger partial charge in [-0.1, -0.05) is 23.7 Å². The minimum Gasteiger partial charge on any atom is -0.391 e. The van der Waals surface area contributed by atoms with Gasteiger partial charge in [0, 0.05) is 17.6 Å². The molecule has 2 N–H and O–H groups in total. The van der Waals surface area contributed by atoms with Crippen molar-refractivity contribution >= 4 is 17.5 Å². The Hall–Kier alpha value is -2.97. The third-order valence-corrected chi connectivity index (χ3v) is 5.28. The normalized spacial score (nSPS) is 18.7. The number of aryl methyl sites for hydroxylation is 1. The van der Waals surface area contributed by atoms with Crippen molar-refractivity contribution in [2.24, 2.45) is 7.05 Å². The first-order valence-corrected chi connectivity index (χ1v) is 9.68. The van der Waals surface area contributed by atoms with Gasteiger partial charge in [-0.2, -0.15) is 14.9 Å². The molecule has 1 aromatic carbocycles. The smallest absolute Gasteiger partial charge is 0.284 e. The Morgan fingerprint density at radius 2 is 2.03 bits per heavy atom. The Balaban J connectivity index is 1.80. The lowest BCUT2D eigenvalue weighted by atomic mass is 10.1. The average Bonchev–Trinajstić information content (AvgIpc) is 3.31. The first-order valence-electron chi connectivity index (χ1n) is 9.30. The van der Waals surface area contributed by atoms with Crippen molar-refractivity contribution in [1.82, 2.24) is 24.9 Å². The fourth-order valence-electron chi connectivity index (χ4n) is 3.47. The fourth-order valence-corrected chi connectivity index (χ4v) is 3.59. The van der Waals surface area contributed by atoms with E-state index in [-0.39, 0.29) is 11.6 Å². The van der Waals surface area contributed by atoms with E-state index in [0.29, 0.717) is 34.8 Å². The van der Waals surface area contributed by atoms with Crippen LogP contribution >= 0.6 is 11.6 Å². The molecule has 2 aromatic heterocycles. The van der Waals surface area contributed by atoms with Gasteiger partial charge in [0.25, 0.3) is 11.5 Å². The molecule has 0 bridgehead atoms. The van der Waals surface area contributed by atoms with Crippen LogP contribution in [0.15, 0.2) is 47.5 Å². The van der Waals surface area contributed by atoms with Gasteiger partial charge in [-0.15, -0.1) is 0 Å². The molecule has 0 unspecified atom stereocenters. The molecular formula is C20H20ClN5O3. The lowest BCUT2D eigenvalue weighted by molar-refractivity contribution is 0.0871. The van der Waals surface area contributed by atoms with Crippen molar-refractivity contribution in [3.63, 3.8) is 0 Å². The Bertz CT molecular complexity index is 1110. The van der Waals surface area contributed by atoms with E-state index < -0.39 is 17.6 Å². The minimum atomic E-state index is -0.600. The van der Waals surface area contributed by atoms with E-state index in [1.807, 2.05) is 0 Å². The zero-order valence-corrected chi connectivity index (χ0v) is 16.5. The topological polar surface area (TPSA) is 102 Å². The summed E-state index contributed by atoms with van der Waals surface area (Å²) in [6.07, 6.45) is 4.69. The molecule has 150 valence electrons. The van der Waals surface area contributed by atoms with Gasteiger partial charge in [0.15, 0.2) is 0 Å². The summed E-state index contributed by atoms with van der Waals surface area (Å²) in [6.45, 7) is 0. The number of aromatic nitrogens is 4. The number of rotatable bonds is 4. The van der Waals surface area contributed by atoms with Crippen molar-refractivity contribution in [3.8, 4) is 16.9 Å². The van der Waals surface area contributed by atoms with Crippen LogP contribution in [0, 0.1) is 0 Å². The number of hydrogen-bond acceptors (Lipinski definition) is 5. The Kier molecular flexibility index (Phi) is 5.21. The van der Waals surface area contributed by atoms with Crippen LogP contribution in [0.4, 0.5) is 0 Å². The van der Waals surface area contributed by atoms with Crippen LogP contribution in [0.2, 0.25) is 5.02 Å². The van der Waals surface area contributed by atoms with Crippen LogP contribution in [0.3, 0.4) is 0 Å². The molecule has 0 aliphatic heterocycles. The molecule has 2 atom stereocenters. The Morgan fingerprint density at radius 1 is 1.28 bits per heavy atom. The van der Waals surface area contributed by atoms with E-state index >= 15 is 0 Å². The van der Waals surface area contributed by atoms with E-state index in [0.717, 1.165) is 11.1 Å². The predicted molar refractivity (Wildman–Crippen MR) is 108 cm³/mol. The van der Waals surface area contributed by atoms with Crippen molar-refractivity contribution < 1.29 is 9.90 Å². The van der Waals surface area contributed by atoms with E-state index in [4.69, 9.17) is 11.6 Å². The number of nitrogens with one attached hydrogen (secondary N) is 1. The number of aliphatic hydroxyl groups is 1. The van der Waals surface area contributed by atoms with Gasteiger partial charge in [-0.25, -0.2) is 0 Å². The summed E-state index contributed by atoms with van der Waals surface area (Å²) in [4.78, 5) is 25.9. The monoisotopic (exact) mass is 413 g/mol. The fraction of sp³-hybridized carbons (Fsp3) is 0.300. The zero-order valence-electron chi connectivity index (χ0n) is 15.7. The van der Waals surface area contributed by atoms with Crippen LogP contribution in [-0.4, -0.2) is 42.7 Å². The largest absolute Gasteiger partial charge is 0.391 e. The van der Waals surface area contributed by atoms with Crippen LogP contribution < -0.4 is 10.9 Å². The minimum absolute atomic E-state index is 0.0482. The van der Waals surface area contributed by atoms with Gasteiger partial charge in [-0.3, -0.25) is 14.3 Å². The summed E-state index contributed by atoms with van der Waals surface area (Å²) < 4.78 is 2.71. The molecule has 1 saturated carbocycles. The third kappa shape index (κ3) is 3.94. The maximum Gasteiger partial charge on any atom is 0.284 e. The standard InChI is InChI=1S/C20H20ClN5O3/c1-25-11-14(10-22-25)26-20(29)15(19(28)23-16-3-2-4-18(16)27)9-17(24-26)12-5-7-13(21)8-6-12/h5-11,16,18,27H,2-4H2,1H3,(H,23,28)/t16-,18+/m1/s1. The summed E-state index contributed by atoms with van der Waals surface area (Å²) >= 11 is 5.97. The predicted octanol–water partition coefficient (Wildman–Crippen LogP) is 1.93. The molecule has 9 heteroatoms. The molecule has 3 aromatic rings. The molecular weight excluding hydrogens is 394 g/mol. The number of nitrogens with zero attached hydrogens (tertiary/aromatic N) is 4. The molecule has 0 spiro atoms. The molecule has 0 saturated heterocycles. The highest BCUT2D eigenvalue weighted by Crippen LogP contribution is 2.22. The van der Waals surface area contributed by atoms with Gasteiger partial charge in [-0.05, 0) is 37.5 Å². The third-order valence-electron chi connectivity index (χ3n) is 5.03. The number of carbonyl (C=O) groups is 1. The Morgan fingerprint density at radius 3 is 2.66 bits per heavy atom. The summed E-state index contributed by atoms with van der Waals surface area (Å²) in [7, 11) is 1.73. The second-order valence-electron chi connectivity index (χ2n) is 7.12. The van der Waals surface area contributed by atoms with Crippen LogP contribution in [0.5, 0.6) is 0 Å². The quantitative estimate of drug-likeness (QED) is 0.680. The van der Waals surface area contributed by atoms with Crippen molar-refractivity contribution in [2.75, 3.05) is 0 Å². The van der Waals surface area contributed by atoms with Gasteiger partial charge in [0.2, 0.25) is 0 Å². The number of hydrogen-bond donors (Lipinski definition) is 2. The van der Waals surface area contributed by atoms with Gasteiger partial charge < -0.3 is 10.4 Å². The van der Waals surface area contributed by atoms with Gasteiger partial charge in [0.1, 0.15) is 11.3 Å². The molecule has 0 radical (unpaired) electrons. The lowest BCUT2D eigenvalue weighted by Crippen LogP contribution is -2.42. The molecule has 1 aliphatic carbocycles. The SMILES string of the molecule is Cn1cc(-n2nc(-c3ccc(Cl)cc3)cc(C(=O)N[C@@H]3CCC[C@@H]3O)c2=O)cn1. The van der Waals surface area contributed by atoms with Crippen LogP contribution in [-0.2, 0) is 7.05 Å². The molecule has 2 heterocycles. The molecule has 8 nitrogen and oxygen atoms in total. The highest BCUT2D eigenvalue weighted by Gasteiger charge is 2.28. The van der Waals surface area contributed by atoms with Crippen molar-refractivity contribution in [1.29, 1.82) is 0 Å². The molecule has 4 rings (SSSR count). The molecule has 29 heavy (non-hydrogen) atoms. The zero-order chi connectivity index (χ0) is 20.5. The van der Waals surface area contributed by atoms with Crippen molar-refractivity contribution in [2.45, 2.75) is 31.4 Å². The summed E-state index contributed by atoms with van der Waals surface area (Å²) in [5, 5.41) is 21.9. The molecule has 1 aliphatic rings. The average molecular weight is 414 g/mol. The summed E-state index contributed by atoms with van der Waals surface area (Å²) in [6, 6.07) is 8.08. The lowest BCUT2D eigenvalue weighted by Gasteiger charge is -2.17. The summed E-state index contributed by atoms with van der Waals surface area (Å²) in [5.41, 5.74) is 1.00. The number of benzene rings is 1. The maximum atomic E-state index is 13.0. The highest BCUT2D eigenvalue weighted by molar-refractivity contribution is 6.30. The van der Waals surface area contributed by atoms with Crippen LogP contribution in [0.1, 0.15) is 29.6 Å². The number of aliphatic hydroxyl groups excluding tert-OH is 1. The first kappa shape index (κ1) is 19.4. The summed E-state index contributed by atoms with van der Waals surface area (Å²) in [5.74, 6) is -0.531. The molecule has 1 fully saturated rings. The van der Waals surface area contributed by atoms with Gasteiger partial charge >= 0.3 is 0 Å². The van der Waals surface area contributed by atoms with E-state index in [1.165, 1.54) is 12.3 Å². The van der Waals surface area contributed by atoms with E-state index in [2.05, 4.69) is 15.5 Å². The van der Waals surface area contributed by atoms with Crippen LogP contribution in [0.25, 0.3) is 16.9 Å². The van der Waals surface area contributed by atoms with E-state index in [9.17, 15) is 14.7 Å². The highest BCUT2D eigenvalue weighted by atomic mass is 35.5. The number of halogens is 1. The number of amides is 1. The molecule has 1 amide bonds. The van der Waals surface area contributed by atoms with E-state index in [1.54, 1.807) is 42.2 Å². The first-order chi connectivity index (χ1) is 13.9. The van der Waals surface area contributed by atoms with Gasteiger partial charge in [0.05, 0.1) is 30.2 Å². The Labute approximate surface area is 171 Å². The van der Waals surface area contributed by atoms with Crippen molar-refractivity contribution in [3.05, 3.63) is 63.7 Å². The number of carbonyl (C=O) groups excluding carboxylic acids is 1.